The Morgan fingerprint density at radius 3 is 1.50 bits per heavy atom. The van der Waals surface area contributed by atoms with Gasteiger partial charge in [0.2, 0.25) is 0 Å². The highest BCUT2D eigenvalue weighted by Gasteiger charge is 2.20. The fraction of sp³-hybridized carbons (Fsp3) is 0.816. The molecule has 0 saturated carbocycles. The van der Waals surface area contributed by atoms with Crippen molar-refractivity contribution in [2.75, 3.05) is 54.1 Å². The van der Waals surface area contributed by atoms with Crippen LogP contribution in [0, 0.1) is 0 Å². The minimum Gasteiger partial charge on any atom is -0.756 e. The van der Waals surface area contributed by atoms with E-state index in [1.807, 2.05) is 21.1 Å². The summed E-state index contributed by atoms with van der Waals surface area (Å²) in [5.41, 5.74) is 0. The lowest BCUT2D eigenvalue weighted by molar-refractivity contribution is -0.870. The minimum atomic E-state index is -4.52. The third kappa shape index (κ3) is 45.5. The number of nitrogens with zero attached hydrogens (tertiary/aromatic N) is 1. The van der Waals surface area contributed by atoms with Gasteiger partial charge in [0.05, 0.1) is 34.4 Å². The molecule has 0 heterocycles. The molecule has 0 aromatic rings. The summed E-state index contributed by atoms with van der Waals surface area (Å²) >= 11 is 0. The van der Waals surface area contributed by atoms with Crippen LogP contribution in [0.1, 0.15) is 200 Å². The van der Waals surface area contributed by atoms with Gasteiger partial charge >= 0.3 is 5.97 Å². The molecule has 0 aliphatic carbocycles. The average Bonchev–Trinajstić information content (AvgIpc) is 3.18. The average molecular weight is 838 g/mol. The second-order valence-electron chi connectivity index (χ2n) is 17.1. The Hall–Kier alpha value is -1.54. The van der Waals surface area contributed by atoms with Gasteiger partial charge in [0.1, 0.15) is 19.3 Å². The molecule has 0 fully saturated rings. The van der Waals surface area contributed by atoms with Gasteiger partial charge in [-0.05, 0) is 51.4 Å². The lowest BCUT2D eigenvalue weighted by atomic mass is 10.0. The number of carbonyl (C=O) groups is 1. The molecular weight excluding hydrogens is 746 g/mol. The molecule has 0 aromatic carbocycles. The molecule has 0 spiro atoms. The number of quaternary nitrogens is 1. The fourth-order valence-corrected chi connectivity index (χ4v) is 7.21. The summed E-state index contributed by atoms with van der Waals surface area (Å²) < 4.78 is 34.6. The number of hydrogen-bond acceptors (Lipinski definition) is 7. The monoisotopic (exact) mass is 838 g/mol. The topological polar surface area (TPSA) is 94.1 Å². The number of allylic oxidation sites excluding steroid dienone is 8. The van der Waals surface area contributed by atoms with Crippen LogP contribution in [0.15, 0.2) is 48.6 Å². The quantitative estimate of drug-likeness (QED) is 0.0198. The number of ether oxygens (including phenoxy) is 2. The summed E-state index contributed by atoms with van der Waals surface area (Å²) in [6.07, 6.45) is 51.3. The van der Waals surface area contributed by atoms with E-state index in [1.165, 1.54) is 122 Å². The Morgan fingerprint density at radius 1 is 0.552 bits per heavy atom. The van der Waals surface area contributed by atoms with Crippen LogP contribution in [-0.2, 0) is 27.9 Å². The predicted molar refractivity (Wildman–Crippen MR) is 245 cm³/mol. The van der Waals surface area contributed by atoms with E-state index in [0.717, 1.165) is 57.8 Å². The number of phosphoric acid groups is 1. The Balaban J connectivity index is 4.08. The van der Waals surface area contributed by atoms with Crippen molar-refractivity contribution in [3.05, 3.63) is 48.6 Å². The van der Waals surface area contributed by atoms with Crippen LogP contribution in [0.3, 0.4) is 0 Å². The zero-order chi connectivity index (χ0) is 42.7. The summed E-state index contributed by atoms with van der Waals surface area (Å²) in [5, 5.41) is 0. The van der Waals surface area contributed by atoms with Crippen LogP contribution in [0.25, 0.3) is 0 Å². The molecular formula is C49H92NO7P. The van der Waals surface area contributed by atoms with Crippen LogP contribution in [0.5, 0.6) is 0 Å². The summed E-state index contributed by atoms with van der Waals surface area (Å²) in [5.74, 6) is -0.336. The van der Waals surface area contributed by atoms with E-state index in [0.29, 0.717) is 24.1 Å². The molecule has 2 unspecified atom stereocenters. The number of carbonyl (C=O) groups excluding carboxylic acids is 1. The smallest absolute Gasteiger partial charge is 0.306 e. The first kappa shape index (κ1) is 56.5. The molecule has 0 rings (SSSR count). The first-order chi connectivity index (χ1) is 28.1. The SMILES string of the molecule is CC/C=C\C/C=C\C/C=C\C/C=C\CCCCCCCCCCCCCCC(=O)OC(COCCCCCCCCCCCCC)COP(=O)([O-])OCC[N+](C)(C)C. The first-order valence-corrected chi connectivity index (χ1v) is 25.3. The lowest BCUT2D eigenvalue weighted by Gasteiger charge is -2.28. The predicted octanol–water partition coefficient (Wildman–Crippen LogP) is 13.7. The van der Waals surface area contributed by atoms with Crippen molar-refractivity contribution < 1.29 is 37.3 Å². The minimum absolute atomic E-state index is 0.0261. The van der Waals surface area contributed by atoms with E-state index < -0.39 is 13.9 Å². The molecule has 0 radical (unpaired) electrons. The van der Waals surface area contributed by atoms with E-state index in [9.17, 15) is 14.3 Å². The van der Waals surface area contributed by atoms with Gasteiger partial charge < -0.3 is 27.9 Å². The van der Waals surface area contributed by atoms with Gasteiger partial charge in [-0.2, -0.15) is 0 Å². The van der Waals surface area contributed by atoms with E-state index in [-0.39, 0.29) is 25.8 Å². The Bertz CT molecular complexity index is 1070. The van der Waals surface area contributed by atoms with Crippen LogP contribution >= 0.6 is 7.82 Å². The maximum absolute atomic E-state index is 12.7. The van der Waals surface area contributed by atoms with Gasteiger partial charge in [0, 0.05) is 13.0 Å². The third-order valence-electron chi connectivity index (χ3n) is 10.1. The van der Waals surface area contributed by atoms with E-state index in [2.05, 4.69) is 62.5 Å². The van der Waals surface area contributed by atoms with Gasteiger partial charge in [-0.25, -0.2) is 0 Å². The molecule has 340 valence electrons. The van der Waals surface area contributed by atoms with Gasteiger partial charge in [-0.15, -0.1) is 0 Å². The molecule has 9 heteroatoms. The summed E-state index contributed by atoms with van der Waals surface area (Å²) in [4.78, 5) is 25.1. The number of rotatable bonds is 44. The van der Waals surface area contributed by atoms with Crippen LogP contribution in [0.2, 0.25) is 0 Å². The Kier molecular flexibility index (Phi) is 41.0. The number of hydrogen-bond donors (Lipinski definition) is 0. The van der Waals surface area contributed by atoms with Gasteiger partial charge in [-0.3, -0.25) is 9.36 Å². The van der Waals surface area contributed by atoms with Crippen molar-refractivity contribution >= 4 is 13.8 Å². The number of likely N-dealkylation sites (N-methyl/N-ethyl adjacent to an activating group) is 1. The molecule has 0 amide bonds. The van der Waals surface area contributed by atoms with Crippen molar-refractivity contribution in [2.45, 2.75) is 206 Å². The van der Waals surface area contributed by atoms with Crippen LogP contribution in [0.4, 0.5) is 0 Å². The molecule has 8 nitrogen and oxygen atoms in total. The molecule has 2 atom stereocenters. The second kappa shape index (κ2) is 42.2. The Labute approximate surface area is 358 Å². The molecule has 0 aliphatic rings. The standard InChI is InChI=1S/C49H92NO7P/c1-6-8-10-12-14-16-18-19-20-21-22-23-24-25-26-27-28-29-30-31-32-34-36-38-40-42-49(51)57-48(47-56-58(52,53)55-45-43-50(3,4)5)46-54-44-41-39-37-35-33-17-15-13-11-9-7-2/h8,10,14,16,19-20,22-23,48H,6-7,9,11-13,15,17-18,21,24-47H2,1-5H3/b10-8-,16-14-,20-19-,23-22-. The van der Waals surface area contributed by atoms with Crippen LogP contribution < -0.4 is 4.89 Å². The Morgan fingerprint density at radius 2 is 1.00 bits per heavy atom. The maximum atomic E-state index is 12.7. The summed E-state index contributed by atoms with van der Waals surface area (Å²) in [6.45, 7) is 5.31. The first-order valence-electron chi connectivity index (χ1n) is 23.9. The molecule has 58 heavy (non-hydrogen) atoms. The van der Waals surface area contributed by atoms with Crippen molar-refractivity contribution in [3.8, 4) is 0 Å². The van der Waals surface area contributed by atoms with E-state index in [1.54, 1.807) is 0 Å². The van der Waals surface area contributed by atoms with E-state index in [4.69, 9.17) is 18.5 Å². The maximum Gasteiger partial charge on any atom is 0.306 e. The third-order valence-corrected chi connectivity index (χ3v) is 11.1. The van der Waals surface area contributed by atoms with Crippen LogP contribution in [-0.4, -0.2) is 70.7 Å². The number of esters is 1. The molecule has 0 bridgehead atoms. The van der Waals surface area contributed by atoms with Crippen molar-refractivity contribution in [1.29, 1.82) is 0 Å². The highest BCUT2D eigenvalue weighted by atomic mass is 31.2. The lowest BCUT2D eigenvalue weighted by Crippen LogP contribution is -2.37. The summed E-state index contributed by atoms with van der Waals surface area (Å²) in [6, 6.07) is 0. The zero-order valence-electron chi connectivity index (χ0n) is 38.5. The van der Waals surface area contributed by atoms with Crippen molar-refractivity contribution in [2.24, 2.45) is 0 Å². The van der Waals surface area contributed by atoms with E-state index >= 15 is 0 Å². The molecule has 0 aromatic heterocycles. The normalized spacial score (nSPS) is 14.1. The fourth-order valence-electron chi connectivity index (χ4n) is 6.48. The number of unbranched alkanes of at least 4 members (excludes halogenated alkanes) is 22. The van der Waals surface area contributed by atoms with Gasteiger partial charge in [0.15, 0.2) is 0 Å². The van der Waals surface area contributed by atoms with Gasteiger partial charge in [0.25, 0.3) is 7.82 Å². The second-order valence-corrected chi connectivity index (χ2v) is 18.5. The largest absolute Gasteiger partial charge is 0.756 e. The summed E-state index contributed by atoms with van der Waals surface area (Å²) in [7, 11) is 1.36. The van der Waals surface area contributed by atoms with Crippen molar-refractivity contribution in [3.63, 3.8) is 0 Å². The molecule has 0 saturated heterocycles. The van der Waals surface area contributed by atoms with Crippen molar-refractivity contribution in [1.82, 2.24) is 0 Å². The molecule has 0 N–H and O–H groups in total. The number of phosphoric ester groups is 1. The van der Waals surface area contributed by atoms with Gasteiger partial charge in [-0.1, -0.05) is 191 Å². The molecule has 0 aliphatic heterocycles. The highest BCUT2D eigenvalue weighted by molar-refractivity contribution is 7.45. The highest BCUT2D eigenvalue weighted by Crippen LogP contribution is 2.38. The zero-order valence-corrected chi connectivity index (χ0v) is 39.4.